The topological polar surface area (TPSA) is 0 Å². The van der Waals surface area contributed by atoms with Crippen molar-refractivity contribution < 1.29 is 0 Å². The highest BCUT2D eigenvalue weighted by atomic mass is 14.4. The minimum absolute atomic E-state index is 0. The van der Waals surface area contributed by atoms with Crippen molar-refractivity contribution in [3.63, 3.8) is 0 Å². The second kappa shape index (κ2) is 24.2. The summed E-state index contributed by atoms with van der Waals surface area (Å²) in [4.78, 5) is 0. The molecule has 2 atom stereocenters. The normalized spacial score (nSPS) is 17.3. The third-order valence-electron chi connectivity index (χ3n) is 10.3. The highest BCUT2D eigenvalue weighted by Gasteiger charge is 2.38. The fourth-order valence-electron chi connectivity index (χ4n) is 7.57. The van der Waals surface area contributed by atoms with Crippen LogP contribution in [0.15, 0.2) is 97.1 Å². The minimum atomic E-state index is 0. The van der Waals surface area contributed by atoms with Crippen molar-refractivity contribution >= 4 is 0 Å². The van der Waals surface area contributed by atoms with Gasteiger partial charge in [0.25, 0.3) is 0 Å². The van der Waals surface area contributed by atoms with E-state index in [-0.39, 0.29) is 7.43 Å². The zero-order chi connectivity index (χ0) is 37.0. The third kappa shape index (κ3) is 19.9. The first-order valence-corrected chi connectivity index (χ1v) is 20.0. The highest BCUT2D eigenvalue weighted by molar-refractivity contribution is 5.31. The van der Waals surface area contributed by atoms with Gasteiger partial charge in [-0.05, 0) is 98.8 Å². The second-order valence-electron chi connectivity index (χ2n) is 16.7. The molecular formula is C51H78. The second-order valence-corrected chi connectivity index (χ2v) is 16.7. The molecule has 1 fully saturated rings. The molecule has 0 aromatic heterocycles. The van der Waals surface area contributed by atoms with E-state index in [1.807, 2.05) is 0 Å². The minimum Gasteiger partial charge on any atom is -0.0776 e. The maximum Gasteiger partial charge on any atom is -0.00258 e. The number of hydrogen-bond donors (Lipinski definition) is 0. The van der Waals surface area contributed by atoms with Crippen LogP contribution in [0.3, 0.4) is 0 Å². The number of rotatable bonds is 10. The summed E-state index contributed by atoms with van der Waals surface area (Å²) in [5.74, 6) is 0.929. The van der Waals surface area contributed by atoms with Crippen molar-refractivity contribution in [2.75, 3.05) is 0 Å². The van der Waals surface area contributed by atoms with Gasteiger partial charge in [0.05, 0.1) is 0 Å². The lowest BCUT2D eigenvalue weighted by Gasteiger charge is -2.45. The van der Waals surface area contributed by atoms with Crippen LogP contribution in [-0.4, -0.2) is 0 Å². The highest BCUT2D eigenvalue weighted by Crippen LogP contribution is 2.49. The van der Waals surface area contributed by atoms with Gasteiger partial charge in [-0.1, -0.05) is 220 Å². The van der Waals surface area contributed by atoms with Crippen LogP contribution >= 0.6 is 0 Å². The van der Waals surface area contributed by atoms with E-state index in [1.54, 1.807) is 0 Å². The molecule has 0 N–H and O–H groups in total. The smallest absolute Gasteiger partial charge is 0.00258 e. The Morgan fingerprint density at radius 1 is 0.471 bits per heavy atom. The van der Waals surface area contributed by atoms with Crippen LogP contribution in [0, 0.1) is 44.4 Å². The van der Waals surface area contributed by atoms with E-state index in [9.17, 15) is 0 Å². The van der Waals surface area contributed by atoms with Gasteiger partial charge in [0, 0.05) is 0 Å². The van der Waals surface area contributed by atoms with E-state index >= 15 is 0 Å². The number of aryl methyl sites for hydroxylation is 4. The Kier molecular flexibility index (Phi) is 21.8. The molecule has 0 spiro atoms. The molecule has 4 aromatic rings. The third-order valence-corrected chi connectivity index (χ3v) is 10.3. The number of benzene rings is 4. The Morgan fingerprint density at radius 3 is 1.00 bits per heavy atom. The fourth-order valence-corrected chi connectivity index (χ4v) is 7.57. The molecule has 0 saturated heterocycles. The lowest BCUT2D eigenvalue weighted by atomic mass is 9.60. The molecule has 0 nitrogen and oxygen atoms in total. The zero-order valence-electron chi connectivity index (χ0n) is 34.3. The van der Waals surface area contributed by atoms with Gasteiger partial charge in [-0.2, -0.15) is 0 Å². The Balaban J connectivity index is 0.000000347. The first-order valence-electron chi connectivity index (χ1n) is 20.0. The molecule has 0 amide bonds. The van der Waals surface area contributed by atoms with Gasteiger partial charge in [-0.15, -0.1) is 0 Å². The summed E-state index contributed by atoms with van der Waals surface area (Å²) in [5, 5.41) is 0. The summed E-state index contributed by atoms with van der Waals surface area (Å²) in [6.45, 7) is 25.1. The van der Waals surface area contributed by atoms with Crippen LogP contribution in [0.5, 0.6) is 0 Å². The van der Waals surface area contributed by atoms with Crippen LogP contribution in [0.25, 0.3) is 0 Å². The summed E-state index contributed by atoms with van der Waals surface area (Å²) < 4.78 is 0. The predicted molar refractivity (Wildman–Crippen MR) is 231 cm³/mol. The largest absolute Gasteiger partial charge is 0.0776 e. The van der Waals surface area contributed by atoms with Crippen molar-refractivity contribution in [3.8, 4) is 0 Å². The van der Waals surface area contributed by atoms with Gasteiger partial charge in [0.2, 0.25) is 0 Å². The molecule has 4 aromatic carbocycles. The Morgan fingerprint density at radius 2 is 0.765 bits per heavy atom. The van der Waals surface area contributed by atoms with E-state index in [1.165, 1.54) is 109 Å². The molecule has 2 unspecified atom stereocenters. The first kappa shape index (κ1) is 45.9. The standard InChI is InChI=1S/2C15H16.C12H24.C8H18.CH4/c2*1-12-3-7-14(8-4-12)11-15-9-5-13(2)6-10-15;1-6-12(5)8-10(2)7-11(3,4)9-12;1-3-5-7-8-6-4-2;/h2*3-10H,11H2,1-2H3;10H,6-9H2,1-5H3;3-8H2,1-2H3;1H4. The van der Waals surface area contributed by atoms with E-state index < -0.39 is 0 Å². The molecular weight excluding hydrogens is 613 g/mol. The van der Waals surface area contributed by atoms with Crippen molar-refractivity contribution in [3.05, 3.63) is 142 Å². The predicted octanol–water partition coefficient (Wildman–Crippen LogP) is 16.0. The van der Waals surface area contributed by atoms with Gasteiger partial charge in [-0.25, -0.2) is 0 Å². The van der Waals surface area contributed by atoms with E-state index in [0.717, 1.165) is 18.8 Å². The van der Waals surface area contributed by atoms with Gasteiger partial charge >= 0.3 is 0 Å². The molecule has 1 saturated carbocycles. The van der Waals surface area contributed by atoms with Crippen molar-refractivity contribution in [1.82, 2.24) is 0 Å². The number of unbranched alkanes of at least 4 members (excludes halogenated alkanes) is 5. The molecule has 0 heterocycles. The SMILES string of the molecule is C.CCC1(C)CC(C)CC(C)(C)C1.CCCCCCCC.Cc1ccc(Cc2ccc(C)cc2)cc1.Cc1ccc(Cc2ccc(C)cc2)cc1. The molecule has 282 valence electrons. The molecule has 5 rings (SSSR count). The van der Waals surface area contributed by atoms with Crippen molar-refractivity contribution in [2.24, 2.45) is 16.7 Å². The van der Waals surface area contributed by atoms with Crippen LogP contribution in [-0.2, 0) is 12.8 Å². The maximum absolute atomic E-state index is 2.46. The molecule has 1 aliphatic carbocycles. The van der Waals surface area contributed by atoms with Gasteiger partial charge < -0.3 is 0 Å². The lowest BCUT2D eigenvalue weighted by molar-refractivity contribution is 0.0582. The Hall–Kier alpha value is -3.12. The summed E-state index contributed by atoms with van der Waals surface area (Å²) in [5.41, 5.74) is 12.0. The van der Waals surface area contributed by atoms with Crippen LogP contribution in [0.1, 0.15) is 165 Å². The molecule has 1 aliphatic rings. The Bertz CT molecular complexity index is 1240. The van der Waals surface area contributed by atoms with Crippen LogP contribution < -0.4 is 0 Å². The quantitative estimate of drug-likeness (QED) is 0.145. The van der Waals surface area contributed by atoms with Crippen molar-refractivity contribution in [1.29, 1.82) is 0 Å². The van der Waals surface area contributed by atoms with E-state index in [4.69, 9.17) is 0 Å². The Labute approximate surface area is 317 Å². The fraction of sp³-hybridized carbons (Fsp3) is 0.529. The molecule has 0 bridgehead atoms. The zero-order valence-corrected chi connectivity index (χ0v) is 34.3. The number of hydrogen-bond acceptors (Lipinski definition) is 0. The summed E-state index contributed by atoms with van der Waals surface area (Å²) in [6, 6.07) is 35.0. The van der Waals surface area contributed by atoms with Crippen LogP contribution in [0.2, 0.25) is 0 Å². The average Bonchev–Trinajstić information content (AvgIpc) is 3.07. The monoisotopic (exact) mass is 691 g/mol. The van der Waals surface area contributed by atoms with E-state index in [2.05, 4.69) is 173 Å². The summed E-state index contributed by atoms with van der Waals surface area (Å²) in [7, 11) is 0. The first-order chi connectivity index (χ1) is 23.8. The molecule has 0 radical (unpaired) electrons. The van der Waals surface area contributed by atoms with Gasteiger partial charge in [0.15, 0.2) is 0 Å². The molecule has 0 aliphatic heterocycles. The van der Waals surface area contributed by atoms with E-state index in [0.29, 0.717) is 10.8 Å². The molecule has 51 heavy (non-hydrogen) atoms. The van der Waals surface area contributed by atoms with Crippen LogP contribution in [0.4, 0.5) is 0 Å². The maximum atomic E-state index is 2.46. The molecule has 0 heteroatoms. The van der Waals surface area contributed by atoms with Gasteiger partial charge in [0.1, 0.15) is 0 Å². The average molecular weight is 691 g/mol. The van der Waals surface area contributed by atoms with Gasteiger partial charge in [-0.3, -0.25) is 0 Å². The summed E-state index contributed by atoms with van der Waals surface area (Å²) >= 11 is 0. The van der Waals surface area contributed by atoms with Crippen molar-refractivity contribution in [2.45, 2.75) is 161 Å². The summed E-state index contributed by atoms with van der Waals surface area (Å²) in [6.07, 6.45) is 16.2. The lowest BCUT2D eigenvalue weighted by Crippen LogP contribution is -2.34.